The van der Waals surface area contributed by atoms with Crippen LogP contribution in [0.3, 0.4) is 0 Å². The van der Waals surface area contributed by atoms with Crippen molar-refractivity contribution in [2.45, 2.75) is 17.6 Å². The van der Waals surface area contributed by atoms with Crippen LogP contribution in [0.1, 0.15) is 5.56 Å². The predicted molar refractivity (Wildman–Crippen MR) is 85.6 cm³/mol. The van der Waals surface area contributed by atoms with E-state index in [1.54, 1.807) is 0 Å². The van der Waals surface area contributed by atoms with Gasteiger partial charge in [-0.2, -0.15) is 0 Å². The van der Waals surface area contributed by atoms with Crippen LogP contribution in [0.25, 0.3) is 0 Å². The summed E-state index contributed by atoms with van der Waals surface area (Å²) in [5.41, 5.74) is -0.806. The van der Waals surface area contributed by atoms with Crippen LogP contribution in [-0.2, 0) is 30.5 Å². The second-order valence-corrected chi connectivity index (χ2v) is 6.73. The van der Waals surface area contributed by atoms with Crippen molar-refractivity contribution < 1.29 is 28.8 Å². The number of methoxy groups -OCH3 is 1. The summed E-state index contributed by atoms with van der Waals surface area (Å²) in [7, 11) is 1.35. The largest absolute Gasteiger partial charge is 0.459 e. The third-order valence-corrected chi connectivity index (χ3v) is 5.58. The number of ketones is 1. The Morgan fingerprint density at radius 3 is 2.68 bits per heavy atom. The van der Waals surface area contributed by atoms with E-state index in [0.717, 1.165) is 0 Å². The molecule has 9 nitrogen and oxygen atoms in total. The minimum Gasteiger partial charge on any atom is -0.459 e. The Morgan fingerprint density at radius 2 is 2.08 bits per heavy atom. The summed E-state index contributed by atoms with van der Waals surface area (Å²) in [5, 5.41) is 10.1. The molecule has 25 heavy (non-hydrogen) atoms. The summed E-state index contributed by atoms with van der Waals surface area (Å²) >= 11 is 1.17. The number of carbonyl (C=O) groups is 3. The Hall–Kier alpha value is -2.46. The average Bonchev–Trinajstić information content (AvgIpc) is 2.65. The lowest BCUT2D eigenvalue weighted by Gasteiger charge is -2.47. The molecule has 0 spiro atoms. The zero-order chi connectivity index (χ0) is 18.2. The number of amides is 1. The third-order valence-electron chi connectivity index (χ3n) is 4.16. The number of β-lactam (4-membered cyclic amide) rings is 1. The van der Waals surface area contributed by atoms with Crippen LogP contribution in [0.15, 0.2) is 24.3 Å². The molecule has 0 N–H and O–H groups in total. The zero-order valence-electron chi connectivity index (χ0n) is 13.2. The van der Waals surface area contributed by atoms with Crippen LogP contribution in [0.2, 0.25) is 0 Å². The Balaban J connectivity index is 1.64. The Kier molecular flexibility index (Phi) is 4.48. The lowest BCUT2D eigenvalue weighted by molar-refractivity contribution is -0.384. The van der Waals surface area contributed by atoms with Gasteiger partial charge in [0.25, 0.3) is 17.4 Å². The molecule has 2 saturated heterocycles. The minimum atomic E-state index is -1.34. The highest BCUT2D eigenvalue weighted by molar-refractivity contribution is 8.01. The summed E-state index contributed by atoms with van der Waals surface area (Å²) in [6.45, 7) is -0.117. The fraction of sp³-hybridized carbons (Fsp3) is 0.400. The van der Waals surface area contributed by atoms with Crippen molar-refractivity contribution in [2.75, 3.05) is 19.4 Å². The number of nitro benzene ring substituents is 1. The van der Waals surface area contributed by atoms with Gasteiger partial charge in [-0.1, -0.05) is 0 Å². The number of rotatable bonds is 5. The SMILES string of the molecule is COC1(C(=O)OCc2ccc([N+](=O)[O-])cc2)CS[C@@H]2C(=O)C(=O)N2C1. The average molecular weight is 366 g/mol. The van der Waals surface area contributed by atoms with Gasteiger partial charge >= 0.3 is 5.97 Å². The van der Waals surface area contributed by atoms with E-state index in [1.165, 1.54) is 48.0 Å². The van der Waals surface area contributed by atoms with Gasteiger partial charge in [-0.25, -0.2) is 4.79 Å². The number of hydrogen-bond acceptors (Lipinski definition) is 8. The Bertz CT molecular complexity index is 751. The summed E-state index contributed by atoms with van der Waals surface area (Å²) in [6, 6.07) is 5.63. The molecule has 2 aliphatic rings. The van der Waals surface area contributed by atoms with Crippen LogP contribution in [0.4, 0.5) is 5.69 Å². The first-order chi connectivity index (χ1) is 11.9. The van der Waals surface area contributed by atoms with Crippen molar-refractivity contribution in [1.82, 2.24) is 4.90 Å². The van der Waals surface area contributed by atoms with Gasteiger partial charge in [0.15, 0.2) is 5.60 Å². The molecule has 132 valence electrons. The molecule has 0 saturated carbocycles. The number of non-ortho nitro benzene ring substituents is 1. The highest BCUT2D eigenvalue weighted by Gasteiger charge is 2.57. The highest BCUT2D eigenvalue weighted by atomic mass is 32.2. The van der Waals surface area contributed by atoms with Crippen LogP contribution in [0, 0.1) is 10.1 Å². The van der Waals surface area contributed by atoms with Gasteiger partial charge in [-0.15, -0.1) is 11.8 Å². The molecule has 1 aromatic rings. The molecule has 1 amide bonds. The van der Waals surface area contributed by atoms with E-state index in [-0.39, 0.29) is 24.6 Å². The topological polar surface area (TPSA) is 116 Å². The molecule has 2 fully saturated rings. The van der Waals surface area contributed by atoms with Gasteiger partial charge < -0.3 is 14.4 Å². The normalized spacial score (nSPS) is 25.2. The minimum absolute atomic E-state index is 0.0369. The van der Waals surface area contributed by atoms with Gasteiger partial charge in [0, 0.05) is 25.0 Å². The molecule has 0 bridgehead atoms. The number of carbonyl (C=O) groups excluding carboxylic acids is 3. The zero-order valence-corrected chi connectivity index (χ0v) is 14.0. The molecule has 10 heteroatoms. The summed E-state index contributed by atoms with van der Waals surface area (Å²) in [4.78, 5) is 46.9. The number of nitro groups is 1. The van der Waals surface area contributed by atoms with Crippen molar-refractivity contribution in [3.63, 3.8) is 0 Å². The van der Waals surface area contributed by atoms with E-state index in [2.05, 4.69) is 0 Å². The third kappa shape index (κ3) is 2.98. The van der Waals surface area contributed by atoms with E-state index in [0.29, 0.717) is 5.56 Å². The number of hydrogen-bond donors (Lipinski definition) is 0. The van der Waals surface area contributed by atoms with Gasteiger partial charge in [0.2, 0.25) is 0 Å². The molecule has 0 aliphatic carbocycles. The van der Waals surface area contributed by atoms with Crippen LogP contribution < -0.4 is 0 Å². The van der Waals surface area contributed by atoms with Crippen molar-refractivity contribution in [2.24, 2.45) is 0 Å². The first-order valence-electron chi connectivity index (χ1n) is 7.30. The first kappa shape index (κ1) is 17.4. The Morgan fingerprint density at radius 1 is 1.40 bits per heavy atom. The van der Waals surface area contributed by atoms with Gasteiger partial charge in [0.1, 0.15) is 12.0 Å². The van der Waals surface area contributed by atoms with E-state index < -0.39 is 33.6 Å². The molecule has 3 rings (SSSR count). The van der Waals surface area contributed by atoms with E-state index in [9.17, 15) is 24.5 Å². The quantitative estimate of drug-likeness (QED) is 0.243. The number of ether oxygens (including phenoxy) is 2. The lowest BCUT2D eigenvalue weighted by atomic mass is 10.0. The maximum Gasteiger partial charge on any atom is 0.341 e. The number of fused-ring (bicyclic) bond motifs is 1. The molecule has 0 aromatic heterocycles. The number of esters is 1. The highest BCUT2D eigenvalue weighted by Crippen LogP contribution is 2.38. The van der Waals surface area contributed by atoms with Gasteiger partial charge in [0.05, 0.1) is 11.5 Å². The second-order valence-electron chi connectivity index (χ2n) is 5.66. The predicted octanol–water partition coefficient (Wildman–Crippen LogP) is 0.507. The van der Waals surface area contributed by atoms with Gasteiger partial charge in [-0.3, -0.25) is 19.7 Å². The molecule has 2 atom stereocenters. The number of thioether (sulfide) groups is 1. The van der Waals surface area contributed by atoms with E-state index in [4.69, 9.17) is 9.47 Å². The summed E-state index contributed by atoms with van der Waals surface area (Å²) in [5.74, 6) is -1.54. The smallest absolute Gasteiger partial charge is 0.341 e. The molecular formula is C15H14N2O7S. The number of benzene rings is 1. The van der Waals surface area contributed by atoms with E-state index >= 15 is 0 Å². The van der Waals surface area contributed by atoms with Crippen LogP contribution in [0.5, 0.6) is 0 Å². The number of nitrogens with zero attached hydrogens (tertiary/aromatic N) is 2. The molecule has 2 heterocycles. The lowest BCUT2D eigenvalue weighted by Crippen LogP contribution is -2.70. The summed E-state index contributed by atoms with van der Waals surface area (Å²) < 4.78 is 10.6. The second kappa shape index (κ2) is 6.45. The van der Waals surface area contributed by atoms with E-state index in [1.807, 2.05) is 0 Å². The fourth-order valence-corrected chi connectivity index (χ4v) is 3.96. The standard InChI is InChI=1S/C15H14N2O7S/c1-23-15(7-16-12(19)11(18)13(16)25-8-15)14(20)24-6-9-2-4-10(5-3-9)17(21)22/h2-5,13H,6-8H2,1H3/t13-,15?/m1/s1. The van der Waals surface area contributed by atoms with Gasteiger partial charge in [-0.05, 0) is 17.7 Å². The maximum absolute atomic E-state index is 12.5. The molecule has 2 aliphatic heterocycles. The van der Waals surface area contributed by atoms with Crippen LogP contribution >= 0.6 is 11.8 Å². The molecule has 0 radical (unpaired) electrons. The van der Waals surface area contributed by atoms with Crippen molar-refractivity contribution in [1.29, 1.82) is 0 Å². The number of Topliss-reactive ketones (excluding diaryl/α,β-unsaturated/α-hetero) is 1. The molecular weight excluding hydrogens is 352 g/mol. The molecule has 1 aromatic carbocycles. The van der Waals surface area contributed by atoms with Crippen molar-refractivity contribution in [3.8, 4) is 0 Å². The first-order valence-corrected chi connectivity index (χ1v) is 8.35. The van der Waals surface area contributed by atoms with Crippen LogP contribution in [-0.4, -0.2) is 57.9 Å². The Labute approximate surface area is 146 Å². The van der Waals surface area contributed by atoms with Crippen molar-refractivity contribution in [3.05, 3.63) is 39.9 Å². The molecule has 1 unspecified atom stereocenters. The maximum atomic E-state index is 12.5. The van der Waals surface area contributed by atoms with Crippen molar-refractivity contribution >= 4 is 35.1 Å². The monoisotopic (exact) mass is 366 g/mol. The summed E-state index contributed by atoms with van der Waals surface area (Å²) in [6.07, 6.45) is 0. The fourth-order valence-electron chi connectivity index (χ4n) is 2.61.